The fourth-order valence-electron chi connectivity index (χ4n) is 1.72. The van der Waals surface area contributed by atoms with Crippen LogP contribution in [0.15, 0.2) is 24.3 Å². The summed E-state index contributed by atoms with van der Waals surface area (Å²) in [6.45, 7) is 2.86. The van der Waals surface area contributed by atoms with E-state index in [0.29, 0.717) is 18.0 Å². The van der Waals surface area contributed by atoms with Crippen molar-refractivity contribution >= 4 is 21.8 Å². The molecule has 1 unspecified atom stereocenters. The van der Waals surface area contributed by atoms with Gasteiger partial charge >= 0.3 is 0 Å². The smallest absolute Gasteiger partial charge is 0.251 e. The molecule has 1 amide bonds. The minimum absolute atomic E-state index is 0.0486. The fraction of sp³-hybridized carbons (Fsp3) is 0.500. The van der Waals surface area contributed by atoms with E-state index in [1.54, 1.807) is 0 Å². The molecule has 1 atom stereocenters. The maximum atomic E-state index is 11.9. The van der Waals surface area contributed by atoms with Crippen LogP contribution in [-0.4, -0.2) is 24.2 Å². The van der Waals surface area contributed by atoms with Crippen LogP contribution in [0.2, 0.25) is 0 Å². The van der Waals surface area contributed by atoms with Gasteiger partial charge in [0.05, 0.1) is 0 Å². The molecule has 0 saturated heterocycles. The van der Waals surface area contributed by atoms with Gasteiger partial charge in [0, 0.05) is 24.0 Å². The zero-order valence-electron chi connectivity index (χ0n) is 10.7. The van der Waals surface area contributed by atoms with Crippen LogP contribution in [0, 0.1) is 5.92 Å². The van der Waals surface area contributed by atoms with Crippen LogP contribution in [0.4, 0.5) is 0 Å². The first-order chi connectivity index (χ1) is 8.71. The molecule has 0 aromatic heterocycles. The lowest BCUT2D eigenvalue weighted by molar-refractivity contribution is 0.0943. The fourth-order valence-corrected chi connectivity index (χ4v) is 2.09. The van der Waals surface area contributed by atoms with Crippen molar-refractivity contribution in [2.75, 3.05) is 13.2 Å². The largest absolute Gasteiger partial charge is 0.396 e. The molecule has 3 nitrogen and oxygen atoms in total. The molecule has 1 aromatic carbocycles. The number of aliphatic hydroxyl groups excluding tert-OH is 1. The summed E-state index contributed by atoms with van der Waals surface area (Å²) in [5.74, 6) is 0.299. The predicted octanol–water partition coefficient (Wildman–Crippen LogP) is 2.72. The van der Waals surface area contributed by atoms with Gasteiger partial charge in [0.2, 0.25) is 0 Å². The average Bonchev–Trinajstić information content (AvgIpc) is 2.43. The van der Waals surface area contributed by atoms with E-state index in [4.69, 9.17) is 5.11 Å². The van der Waals surface area contributed by atoms with Crippen LogP contribution >= 0.6 is 15.9 Å². The Kier molecular flexibility index (Phi) is 6.98. The third kappa shape index (κ3) is 4.78. The molecule has 0 radical (unpaired) electrons. The van der Waals surface area contributed by atoms with Gasteiger partial charge in [0.1, 0.15) is 0 Å². The lowest BCUT2D eigenvalue weighted by Gasteiger charge is -2.14. The van der Waals surface area contributed by atoms with Crippen molar-refractivity contribution in [2.45, 2.75) is 25.1 Å². The van der Waals surface area contributed by atoms with E-state index < -0.39 is 0 Å². The van der Waals surface area contributed by atoms with Crippen molar-refractivity contribution in [2.24, 2.45) is 5.92 Å². The molecule has 0 bridgehead atoms. The predicted molar refractivity (Wildman–Crippen MR) is 76.9 cm³/mol. The van der Waals surface area contributed by atoms with Crippen LogP contribution in [0.25, 0.3) is 0 Å². The summed E-state index contributed by atoms with van der Waals surface area (Å²) >= 11 is 3.37. The van der Waals surface area contributed by atoms with Crippen molar-refractivity contribution in [3.8, 4) is 0 Å². The van der Waals surface area contributed by atoms with Crippen LogP contribution < -0.4 is 5.32 Å². The second-order valence-electron chi connectivity index (χ2n) is 4.33. The second-order valence-corrected chi connectivity index (χ2v) is 4.89. The highest BCUT2D eigenvalue weighted by Crippen LogP contribution is 2.09. The van der Waals surface area contributed by atoms with Gasteiger partial charge in [-0.3, -0.25) is 4.79 Å². The first kappa shape index (κ1) is 15.2. The van der Waals surface area contributed by atoms with Gasteiger partial charge in [0.25, 0.3) is 5.91 Å². The molecular weight excluding hydrogens is 294 g/mol. The van der Waals surface area contributed by atoms with Crippen molar-refractivity contribution < 1.29 is 9.90 Å². The number of halogens is 1. The highest BCUT2D eigenvalue weighted by atomic mass is 79.9. The van der Waals surface area contributed by atoms with Gasteiger partial charge in [-0.05, 0) is 30.0 Å². The Morgan fingerprint density at radius 2 is 2.06 bits per heavy atom. The number of hydrogen-bond donors (Lipinski definition) is 2. The zero-order valence-corrected chi connectivity index (χ0v) is 12.2. The molecule has 0 heterocycles. The monoisotopic (exact) mass is 313 g/mol. The number of carbonyl (C=O) groups excluding carboxylic acids is 1. The minimum atomic E-state index is -0.0486. The van der Waals surface area contributed by atoms with Crippen LogP contribution in [-0.2, 0) is 5.33 Å². The Balaban J connectivity index is 2.48. The number of aliphatic hydroxyl groups is 1. The summed E-state index contributed by atoms with van der Waals surface area (Å²) in [4.78, 5) is 11.9. The van der Waals surface area contributed by atoms with Gasteiger partial charge in [-0.15, -0.1) is 0 Å². The Morgan fingerprint density at radius 3 is 2.56 bits per heavy atom. The summed E-state index contributed by atoms with van der Waals surface area (Å²) in [7, 11) is 0. The van der Waals surface area contributed by atoms with E-state index in [-0.39, 0.29) is 12.5 Å². The van der Waals surface area contributed by atoms with E-state index in [1.807, 2.05) is 24.3 Å². The molecule has 0 fully saturated rings. The van der Waals surface area contributed by atoms with Crippen LogP contribution in [0.3, 0.4) is 0 Å². The van der Waals surface area contributed by atoms with E-state index in [0.717, 1.165) is 23.7 Å². The molecule has 1 rings (SSSR count). The SMILES string of the molecule is CCC(CCO)CNC(=O)c1ccc(CBr)cc1. The van der Waals surface area contributed by atoms with Crippen molar-refractivity contribution in [3.05, 3.63) is 35.4 Å². The Bertz CT molecular complexity index is 365. The van der Waals surface area contributed by atoms with Gasteiger partial charge in [-0.1, -0.05) is 41.4 Å². The molecule has 0 aliphatic carbocycles. The first-order valence-electron chi connectivity index (χ1n) is 6.25. The molecular formula is C14H20BrNO2. The molecule has 2 N–H and O–H groups in total. The van der Waals surface area contributed by atoms with Gasteiger partial charge in [-0.2, -0.15) is 0 Å². The Hall–Kier alpha value is -0.870. The van der Waals surface area contributed by atoms with Crippen molar-refractivity contribution in [1.29, 1.82) is 0 Å². The van der Waals surface area contributed by atoms with E-state index >= 15 is 0 Å². The molecule has 18 heavy (non-hydrogen) atoms. The molecule has 0 aliphatic rings. The van der Waals surface area contributed by atoms with Crippen molar-refractivity contribution in [1.82, 2.24) is 5.32 Å². The van der Waals surface area contributed by atoms with Gasteiger partial charge in [-0.25, -0.2) is 0 Å². The highest BCUT2D eigenvalue weighted by molar-refractivity contribution is 9.08. The third-order valence-electron chi connectivity index (χ3n) is 3.04. The van der Waals surface area contributed by atoms with Crippen molar-refractivity contribution in [3.63, 3.8) is 0 Å². The number of amides is 1. The van der Waals surface area contributed by atoms with E-state index in [1.165, 1.54) is 0 Å². The zero-order chi connectivity index (χ0) is 13.4. The molecule has 100 valence electrons. The number of rotatable bonds is 7. The summed E-state index contributed by atoms with van der Waals surface area (Å²) in [6, 6.07) is 7.54. The molecule has 1 aromatic rings. The van der Waals surface area contributed by atoms with E-state index in [9.17, 15) is 4.79 Å². The summed E-state index contributed by atoms with van der Waals surface area (Å²) in [6.07, 6.45) is 1.70. The molecule has 0 spiro atoms. The second kappa shape index (κ2) is 8.27. The highest BCUT2D eigenvalue weighted by Gasteiger charge is 2.09. The average molecular weight is 314 g/mol. The summed E-state index contributed by atoms with van der Waals surface area (Å²) in [5, 5.41) is 12.6. The topological polar surface area (TPSA) is 49.3 Å². The molecule has 0 saturated carbocycles. The lowest BCUT2D eigenvalue weighted by atomic mass is 10.0. The number of hydrogen-bond acceptors (Lipinski definition) is 2. The molecule has 0 aliphatic heterocycles. The quantitative estimate of drug-likeness (QED) is 0.760. The van der Waals surface area contributed by atoms with E-state index in [2.05, 4.69) is 28.2 Å². The first-order valence-corrected chi connectivity index (χ1v) is 7.37. The minimum Gasteiger partial charge on any atom is -0.396 e. The summed E-state index contributed by atoms with van der Waals surface area (Å²) < 4.78 is 0. The number of nitrogens with one attached hydrogen (secondary N) is 1. The normalized spacial score (nSPS) is 12.2. The Labute approximate surface area is 117 Å². The van der Waals surface area contributed by atoms with Gasteiger partial charge < -0.3 is 10.4 Å². The number of alkyl halides is 1. The summed E-state index contributed by atoms with van der Waals surface area (Å²) in [5.41, 5.74) is 1.83. The number of carbonyl (C=O) groups is 1. The van der Waals surface area contributed by atoms with Crippen LogP contribution in [0.1, 0.15) is 35.7 Å². The van der Waals surface area contributed by atoms with Gasteiger partial charge in [0.15, 0.2) is 0 Å². The maximum Gasteiger partial charge on any atom is 0.251 e. The lowest BCUT2D eigenvalue weighted by Crippen LogP contribution is -2.29. The standard InChI is InChI=1S/C14H20BrNO2/c1-2-11(7-8-17)10-16-14(18)13-5-3-12(9-15)4-6-13/h3-6,11,17H,2,7-10H2,1H3,(H,16,18). The number of benzene rings is 1. The third-order valence-corrected chi connectivity index (χ3v) is 3.68. The maximum absolute atomic E-state index is 11.9. The molecule has 4 heteroatoms. The van der Waals surface area contributed by atoms with Crippen LogP contribution in [0.5, 0.6) is 0 Å². The Morgan fingerprint density at radius 1 is 1.39 bits per heavy atom.